The number of aromatic nitrogens is 1. The van der Waals surface area contributed by atoms with E-state index in [-0.39, 0.29) is 16.8 Å². The molecule has 10 nitrogen and oxygen atoms in total. The predicted octanol–water partition coefficient (Wildman–Crippen LogP) is 4.07. The Kier molecular flexibility index (Phi) is 28.3. The first-order chi connectivity index (χ1) is 14.2. The SMILES string of the molecule is C=C[C-]=CC.CC(=N/O)/C(C)=N/O.CC(=N\O)/C(C)=N/O.CN(C)c1ccncc1.[Co]. The topological polar surface area (TPSA) is 146 Å². The number of anilines is 1. The second kappa shape index (κ2) is 24.9. The number of rotatable bonds is 4. The van der Waals surface area contributed by atoms with Gasteiger partial charge in [-0.2, -0.15) is 6.08 Å². The van der Waals surface area contributed by atoms with Gasteiger partial charge in [0.1, 0.15) is 22.8 Å². The molecule has 1 heterocycles. The molecule has 0 amide bonds. The monoisotopic (exact) mass is 480 g/mol. The second-order valence-corrected chi connectivity index (χ2v) is 5.50. The molecule has 0 spiro atoms. The smallest absolute Gasteiger partial charge is 0.101 e. The Balaban J connectivity index is -0.000000158. The van der Waals surface area contributed by atoms with Gasteiger partial charge in [-0.3, -0.25) is 11.1 Å². The summed E-state index contributed by atoms with van der Waals surface area (Å²) in [5.74, 6) is 0. The third kappa shape index (κ3) is 23.0. The zero-order chi connectivity index (χ0) is 23.9. The molecule has 1 radical (unpaired) electrons. The zero-order valence-corrected chi connectivity index (χ0v) is 20.0. The number of pyridine rings is 1. The van der Waals surface area contributed by atoms with Crippen LogP contribution in [0.4, 0.5) is 5.69 Å². The third-order valence-electron chi connectivity index (χ3n) is 3.11. The van der Waals surface area contributed by atoms with E-state index in [0.717, 1.165) is 0 Å². The molecule has 0 aromatic carbocycles. The van der Waals surface area contributed by atoms with Crippen molar-refractivity contribution in [1.82, 2.24) is 4.98 Å². The molecule has 0 bridgehead atoms. The van der Waals surface area contributed by atoms with E-state index >= 15 is 0 Å². The quantitative estimate of drug-likeness (QED) is 0.168. The van der Waals surface area contributed by atoms with Crippen LogP contribution in [0.2, 0.25) is 0 Å². The van der Waals surface area contributed by atoms with Crippen LogP contribution < -0.4 is 4.90 Å². The van der Waals surface area contributed by atoms with E-state index < -0.39 is 0 Å². The molecule has 0 fully saturated rings. The van der Waals surface area contributed by atoms with Crippen molar-refractivity contribution >= 4 is 28.5 Å². The van der Waals surface area contributed by atoms with Gasteiger partial charge in [-0.15, -0.1) is 0 Å². The largest absolute Gasteiger partial charge is 0.411 e. The van der Waals surface area contributed by atoms with Gasteiger partial charge in [0.2, 0.25) is 0 Å². The first-order valence-electron chi connectivity index (χ1n) is 8.64. The maximum absolute atomic E-state index is 8.03. The van der Waals surface area contributed by atoms with Crippen LogP contribution in [0.25, 0.3) is 0 Å². The van der Waals surface area contributed by atoms with Crippen molar-refractivity contribution in [2.24, 2.45) is 20.6 Å². The molecule has 1 aromatic heterocycles. The van der Waals surface area contributed by atoms with E-state index in [9.17, 15) is 0 Å². The average molecular weight is 480 g/mol. The van der Waals surface area contributed by atoms with Gasteiger partial charge in [0.05, 0.1) is 0 Å². The fraction of sp³-hybridized carbons (Fsp3) is 0.350. The van der Waals surface area contributed by atoms with E-state index in [1.54, 1.807) is 18.5 Å². The minimum Gasteiger partial charge on any atom is -0.411 e. The number of hydrogen-bond acceptors (Lipinski definition) is 10. The van der Waals surface area contributed by atoms with E-state index in [1.165, 1.54) is 33.4 Å². The van der Waals surface area contributed by atoms with Crippen molar-refractivity contribution in [2.75, 3.05) is 19.0 Å². The summed E-state index contributed by atoms with van der Waals surface area (Å²) >= 11 is 0. The summed E-state index contributed by atoms with van der Waals surface area (Å²) in [4.78, 5) is 5.94. The Morgan fingerprint density at radius 3 is 1.32 bits per heavy atom. The molecular formula is C20H33CoN6O4-. The molecule has 31 heavy (non-hydrogen) atoms. The van der Waals surface area contributed by atoms with Crippen molar-refractivity contribution in [3.63, 3.8) is 0 Å². The molecule has 0 aliphatic carbocycles. The maximum Gasteiger partial charge on any atom is 0.101 e. The van der Waals surface area contributed by atoms with E-state index in [2.05, 4.69) is 38.3 Å². The summed E-state index contributed by atoms with van der Waals surface area (Å²) in [6, 6.07) is 3.94. The molecule has 0 saturated heterocycles. The van der Waals surface area contributed by atoms with Gasteiger partial charge in [-0.25, -0.2) is 12.7 Å². The summed E-state index contributed by atoms with van der Waals surface area (Å²) in [6.07, 6.45) is 9.76. The summed E-state index contributed by atoms with van der Waals surface area (Å²) in [5.41, 5.74) is 2.44. The molecule has 11 heteroatoms. The van der Waals surface area contributed by atoms with Gasteiger partial charge in [-0.1, -0.05) is 27.5 Å². The third-order valence-corrected chi connectivity index (χ3v) is 3.11. The minimum atomic E-state index is 0. The van der Waals surface area contributed by atoms with Gasteiger partial charge in [-0.05, 0) is 39.8 Å². The Hall–Kier alpha value is -3.18. The molecule has 0 aliphatic rings. The van der Waals surface area contributed by atoms with Crippen molar-refractivity contribution in [2.45, 2.75) is 34.6 Å². The van der Waals surface area contributed by atoms with Gasteiger partial charge in [0.15, 0.2) is 0 Å². The van der Waals surface area contributed by atoms with E-state index in [0.29, 0.717) is 22.8 Å². The van der Waals surface area contributed by atoms with Crippen LogP contribution in [-0.4, -0.2) is 62.8 Å². The van der Waals surface area contributed by atoms with Crippen LogP contribution in [0.5, 0.6) is 0 Å². The minimum absolute atomic E-state index is 0. The molecular weight excluding hydrogens is 447 g/mol. The van der Waals surface area contributed by atoms with Gasteiger partial charge in [0, 0.05) is 49.0 Å². The average Bonchev–Trinajstić information content (AvgIpc) is 2.79. The molecule has 0 atom stereocenters. The van der Waals surface area contributed by atoms with Crippen LogP contribution in [0, 0.1) is 6.08 Å². The molecule has 1 aromatic rings. The predicted molar refractivity (Wildman–Crippen MR) is 122 cm³/mol. The molecule has 4 N–H and O–H groups in total. The summed E-state index contributed by atoms with van der Waals surface area (Å²) in [5, 5.41) is 43.3. The fourth-order valence-electron chi connectivity index (χ4n) is 1.05. The van der Waals surface area contributed by atoms with Crippen LogP contribution in [0.15, 0.2) is 63.9 Å². The Labute approximate surface area is 194 Å². The molecule has 0 unspecified atom stereocenters. The van der Waals surface area contributed by atoms with Crippen molar-refractivity contribution < 1.29 is 37.6 Å². The standard InChI is InChI=1S/C7H10N2.C5H7.2C4H8N2O2.Co/c1-9(2)7-3-5-8-6-4-7;1-3-5-4-2;2*1-3(5-7)4(2)6-8;/h3-6H,1-2H3;3-4H,1H2,2H3;2*7-8H,1-2H3;/q;-1;;;/b;;5-3+,6-4+;5-3-,6-4+;. The van der Waals surface area contributed by atoms with Crippen LogP contribution >= 0.6 is 0 Å². The van der Waals surface area contributed by atoms with Gasteiger partial charge < -0.3 is 25.7 Å². The van der Waals surface area contributed by atoms with Crippen LogP contribution in [0.3, 0.4) is 0 Å². The fourth-order valence-corrected chi connectivity index (χ4v) is 1.05. The van der Waals surface area contributed by atoms with E-state index in [1.807, 2.05) is 44.1 Å². The summed E-state index contributed by atoms with van der Waals surface area (Å²) < 4.78 is 0. The number of allylic oxidation sites excluding steroid dienone is 3. The Morgan fingerprint density at radius 2 is 1.19 bits per heavy atom. The normalized spacial score (nSPS) is 11.5. The summed E-state index contributed by atoms with van der Waals surface area (Å²) in [7, 11) is 4.02. The van der Waals surface area contributed by atoms with Crippen molar-refractivity contribution in [1.29, 1.82) is 0 Å². The zero-order valence-electron chi connectivity index (χ0n) is 19.0. The number of nitrogens with zero attached hydrogens (tertiary/aromatic N) is 6. The Bertz CT molecular complexity index is 654. The van der Waals surface area contributed by atoms with E-state index in [4.69, 9.17) is 20.8 Å². The molecule has 0 aliphatic heterocycles. The molecule has 1 rings (SSSR count). The van der Waals surface area contributed by atoms with Crippen molar-refractivity contribution in [3.8, 4) is 0 Å². The van der Waals surface area contributed by atoms with Gasteiger partial charge in [0.25, 0.3) is 0 Å². The Morgan fingerprint density at radius 1 is 0.871 bits per heavy atom. The first kappa shape index (κ1) is 35.3. The first-order valence-corrected chi connectivity index (χ1v) is 8.64. The summed E-state index contributed by atoms with van der Waals surface area (Å²) in [6.45, 7) is 11.5. The van der Waals surface area contributed by atoms with Crippen LogP contribution in [-0.2, 0) is 16.8 Å². The number of oxime groups is 4. The molecule has 177 valence electrons. The number of hydrogen-bond donors (Lipinski definition) is 4. The van der Waals surface area contributed by atoms with Gasteiger partial charge >= 0.3 is 0 Å². The van der Waals surface area contributed by atoms with Crippen LogP contribution in [0.1, 0.15) is 34.6 Å². The van der Waals surface area contributed by atoms with Crippen molar-refractivity contribution in [3.05, 3.63) is 49.3 Å². The maximum atomic E-state index is 8.03. The second-order valence-electron chi connectivity index (χ2n) is 5.50. The molecule has 0 saturated carbocycles.